The van der Waals surface area contributed by atoms with Crippen LogP contribution in [0.4, 0.5) is 8.78 Å². The van der Waals surface area contributed by atoms with E-state index in [0.29, 0.717) is 12.8 Å². The number of nitrogens with zero attached hydrogens (tertiary/aromatic N) is 1. The minimum atomic E-state index is -0.717. The van der Waals surface area contributed by atoms with Gasteiger partial charge in [0.1, 0.15) is 5.82 Å². The Morgan fingerprint density at radius 3 is 2.50 bits per heavy atom. The first-order valence-corrected chi connectivity index (χ1v) is 7.10. The lowest BCUT2D eigenvalue weighted by molar-refractivity contribution is 0.282. The van der Waals surface area contributed by atoms with Gasteiger partial charge in [-0.1, -0.05) is 30.3 Å². The molecule has 0 amide bonds. The zero-order chi connectivity index (χ0) is 16.0. The van der Waals surface area contributed by atoms with E-state index in [-0.39, 0.29) is 12.4 Å². The van der Waals surface area contributed by atoms with Gasteiger partial charge in [-0.3, -0.25) is 0 Å². The molecule has 0 heterocycles. The Labute approximate surface area is 129 Å². The van der Waals surface area contributed by atoms with Crippen LogP contribution in [-0.2, 0) is 5.41 Å². The topological polar surface area (TPSA) is 33.0 Å². The van der Waals surface area contributed by atoms with Crippen molar-refractivity contribution in [1.29, 1.82) is 5.26 Å². The van der Waals surface area contributed by atoms with E-state index in [9.17, 15) is 14.0 Å². The summed E-state index contributed by atoms with van der Waals surface area (Å²) in [6, 6.07) is 15.1. The van der Waals surface area contributed by atoms with Crippen LogP contribution in [0.5, 0.6) is 5.75 Å². The smallest absolute Gasteiger partial charge is 0.167 e. The van der Waals surface area contributed by atoms with E-state index < -0.39 is 17.0 Å². The third-order valence-corrected chi connectivity index (χ3v) is 3.63. The van der Waals surface area contributed by atoms with Crippen LogP contribution in [0.2, 0.25) is 0 Å². The summed E-state index contributed by atoms with van der Waals surface area (Å²) in [4.78, 5) is 0. The highest BCUT2D eigenvalue weighted by atomic mass is 19.1. The standard InChI is InChI=1S/C18H17F2NO/c1-18(13-21,14-6-3-2-4-7-14)10-5-11-22-17-9-8-15(19)12-16(17)20/h2-4,6-9,12H,5,10-11H2,1H3. The van der Waals surface area contributed by atoms with E-state index in [2.05, 4.69) is 6.07 Å². The SMILES string of the molecule is CC(C#N)(CCCOc1ccc(F)cc1F)c1ccccc1. The third-order valence-electron chi connectivity index (χ3n) is 3.63. The average molecular weight is 301 g/mol. The summed E-state index contributed by atoms with van der Waals surface area (Å²) >= 11 is 0. The van der Waals surface area contributed by atoms with Crippen LogP contribution >= 0.6 is 0 Å². The zero-order valence-electron chi connectivity index (χ0n) is 12.4. The highest BCUT2D eigenvalue weighted by molar-refractivity contribution is 5.31. The van der Waals surface area contributed by atoms with Crippen LogP contribution in [0, 0.1) is 23.0 Å². The zero-order valence-corrected chi connectivity index (χ0v) is 12.4. The Hall–Kier alpha value is -2.41. The maximum Gasteiger partial charge on any atom is 0.167 e. The van der Waals surface area contributed by atoms with Crippen molar-refractivity contribution in [2.24, 2.45) is 0 Å². The number of hydrogen-bond acceptors (Lipinski definition) is 2. The van der Waals surface area contributed by atoms with Crippen molar-refractivity contribution in [1.82, 2.24) is 0 Å². The molecule has 2 rings (SSSR count). The Kier molecular flexibility index (Phi) is 5.11. The molecule has 1 unspecified atom stereocenters. The third kappa shape index (κ3) is 3.82. The number of nitriles is 1. The van der Waals surface area contributed by atoms with E-state index in [1.807, 2.05) is 37.3 Å². The molecule has 0 radical (unpaired) electrons. The van der Waals surface area contributed by atoms with Crippen LogP contribution in [-0.4, -0.2) is 6.61 Å². The number of rotatable bonds is 6. The average Bonchev–Trinajstić information content (AvgIpc) is 2.54. The second-order valence-electron chi connectivity index (χ2n) is 5.34. The van der Waals surface area contributed by atoms with E-state index in [4.69, 9.17) is 4.74 Å². The molecule has 0 fully saturated rings. The molecule has 2 nitrogen and oxygen atoms in total. The number of benzene rings is 2. The number of halogens is 2. The Bertz CT molecular complexity index is 667. The first-order chi connectivity index (χ1) is 10.5. The molecule has 114 valence electrons. The Balaban J connectivity index is 1.91. The summed E-state index contributed by atoms with van der Waals surface area (Å²) in [5.41, 5.74) is 0.344. The van der Waals surface area contributed by atoms with Crippen LogP contribution in [0.15, 0.2) is 48.5 Å². The quantitative estimate of drug-likeness (QED) is 0.730. The lowest BCUT2D eigenvalue weighted by atomic mass is 9.80. The molecule has 22 heavy (non-hydrogen) atoms. The van der Waals surface area contributed by atoms with Gasteiger partial charge >= 0.3 is 0 Å². The number of ether oxygens (including phenoxy) is 1. The lowest BCUT2D eigenvalue weighted by Crippen LogP contribution is -2.20. The number of hydrogen-bond donors (Lipinski definition) is 0. The first kappa shape index (κ1) is 16.0. The molecule has 0 N–H and O–H groups in total. The predicted molar refractivity (Wildman–Crippen MR) is 80.5 cm³/mol. The molecule has 1 atom stereocenters. The van der Waals surface area contributed by atoms with E-state index in [1.54, 1.807) is 0 Å². The normalized spacial score (nSPS) is 13.2. The van der Waals surface area contributed by atoms with Crippen molar-refractivity contribution in [2.45, 2.75) is 25.2 Å². The van der Waals surface area contributed by atoms with Crippen LogP contribution in [0.25, 0.3) is 0 Å². The van der Waals surface area contributed by atoms with Crippen molar-refractivity contribution >= 4 is 0 Å². The minimum Gasteiger partial charge on any atom is -0.491 e. The molecule has 0 saturated heterocycles. The summed E-state index contributed by atoms with van der Waals surface area (Å²) in [6.45, 7) is 2.15. The second-order valence-corrected chi connectivity index (χ2v) is 5.34. The Morgan fingerprint density at radius 2 is 1.86 bits per heavy atom. The van der Waals surface area contributed by atoms with Gasteiger partial charge < -0.3 is 4.74 Å². The summed E-state index contributed by atoms with van der Waals surface area (Å²) in [6.07, 6.45) is 1.19. The highest BCUT2D eigenvalue weighted by Crippen LogP contribution is 2.28. The van der Waals surface area contributed by atoms with Gasteiger partial charge in [-0.2, -0.15) is 5.26 Å². The van der Waals surface area contributed by atoms with Gasteiger partial charge in [0.2, 0.25) is 0 Å². The van der Waals surface area contributed by atoms with Crippen LogP contribution in [0.3, 0.4) is 0 Å². The van der Waals surface area contributed by atoms with Gasteiger partial charge in [0.05, 0.1) is 18.1 Å². The van der Waals surface area contributed by atoms with Crippen molar-refractivity contribution in [3.8, 4) is 11.8 Å². The van der Waals surface area contributed by atoms with E-state index >= 15 is 0 Å². The monoisotopic (exact) mass is 301 g/mol. The molecular weight excluding hydrogens is 284 g/mol. The van der Waals surface area contributed by atoms with Gasteiger partial charge in [0, 0.05) is 6.07 Å². The molecule has 2 aromatic rings. The molecule has 4 heteroatoms. The molecule has 0 aliphatic heterocycles. The first-order valence-electron chi connectivity index (χ1n) is 7.10. The molecular formula is C18H17F2NO. The molecule has 0 bridgehead atoms. The summed E-state index contributed by atoms with van der Waals surface area (Å²) in [7, 11) is 0. The Morgan fingerprint density at radius 1 is 1.14 bits per heavy atom. The van der Waals surface area contributed by atoms with Gasteiger partial charge in [0.25, 0.3) is 0 Å². The molecule has 2 aromatic carbocycles. The maximum absolute atomic E-state index is 13.4. The van der Waals surface area contributed by atoms with Crippen molar-refractivity contribution in [2.75, 3.05) is 6.61 Å². The van der Waals surface area contributed by atoms with Crippen molar-refractivity contribution in [3.63, 3.8) is 0 Å². The summed E-state index contributed by atoms with van der Waals surface area (Å²) < 4.78 is 31.5. The van der Waals surface area contributed by atoms with Gasteiger partial charge in [-0.05, 0) is 37.5 Å². The van der Waals surface area contributed by atoms with Crippen LogP contribution in [0.1, 0.15) is 25.3 Å². The van der Waals surface area contributed by atoms with E-state index in [1.165, 1.54) is 6.07 Å². The van der Waals surface area contributed by atoms with Gasteiger partial charge in [-0.25, -0.2) is 8.78 Å². The largest absolute Gasteiger partial charge is 0.491 e. The fraction of sp³-hybridized carbons (Fsp3) is 0.278. The minimum absolute atomic E-state index is 0.0276. The fourth-order valence-corrected chi connectivity index (χ4v) is 2.27. The summed E-state index contributed by atoms with van der Waals surface area (Å²) in [5, 5.41) is 9.44. The molecule has 0 aromatic heterocycles. The van der Waals surface area contributed by atoms with Crippen molar-refractivity contribution in [3.05, 3.63) is 65.7 Å². The molecule has 0 aliphatic carbocycles. The van der Waals surface area contributed by atoms with Gasteiger partial charge in [0.15, 0.2) is 11.6 Å². The van der Waals surface area contributed by atoms with Crippen LogP contribution < -0.4 is 4.74 Å². The predicted octanol–water partition coefficient (Wildman–Crippen LogP) is 4.61. The van der Waals surface area contributed by atoms with Gasteiger partial charge in [-0.15, -0.1) is 0 Å². The summed E-state index contributed by atoms with van der Waals surface area (Å²) in [5.74, 6) is -1.32. The molecule has 0 saturated carbocycles. The van der Waals surface area contributed by atoms with E-state index in [0.717, 1.165) is 17.7 Å². The molecule has 0 aliphatic rings. The fourth-order valence-electron chi connectivity index (χ4n) is 2.27. The molecule has 0 spiro atoms. The highest BCUT2D eigenvalue weighted by Gasteiger charge is 2.25. The van der Waals surface area contributed by atoms with Crippen molar-refractivity contribution < 1.29 is 13.5 Å². The second kappa shape index (κ2) is 7.04. The maximum atomic E-state index is 13.4. The lowest BCUT2D eigenvalue weighted by Gasteiger charge is -2.22.